The molecule has 0 fully saturated rings. The van der Waals surface area contributed by atoms with Crippen LogP contribution in [0.4, 0.5) is 17.6 Å². The Balaban J connectivity index is 5.09. The Morgan fingerprint density at radius 2 is 1.69 bits per heavy atom. The summed E-state index contributed by atoms with van der Waals surface area (Å²) in [5, 5.41) is 2.55. The fraction of sp³-hybridized carbons (Fsp3) is 0.700. The van der Waals surface area contributed by atoms with E-state index in [0.29, 0.717) is 6.08 Å². The van der Waals surface area contributed by atoms with Crippen molar-refractivity contribution in [1.82, 2.24) is 5.32 Å². The predicted octanol–water partition coefficient (Wildman–Crippen LogP) is 2.61. The maximum atomic E-state index is 12.7. The van der Waals surface area contributed by atoms with E-state index < -0.39 is 23.5 Å². The molecule has 0 aliphatic heterocycles. The van der Waals surface area contributed by atoms with Gasteiger partial charge in [-0.3, -0.25) is 4.79 Å². The summed E-state index contributed by atoms with van der Waals surface area (Å²) in [5.41, 5.74) is -0.416. The normalized spacial score (nSPS) is 14.2. The molecule has 0 aliphatic rings. The minimum Gasteiger partial charge on any atom is -0.391 e. The van der Waals surface area contributed by atoms with Crippen molar-refractivity contribution < 1.29 is 22.4 Å². The maximum absolute atomic E-state index is 12.7. The van der Waals surface area contributed by atoms with Crippen LogP contribution >= 0.6 is 0 Å². The number of ketones is 1. The first-order chi connectivity index (χ1) is 7.03. The number of halogens is 4. The molecule has 0 aliphatic carbocycles. The zero-order valence-corrected chi connectivity index (χ0v) is 9.57. The van der Waals surface area contributed by atoms with Crippen LogP contribution in [0.2, 0.25) is 0 Å². The van der Waals surface area contributed by atoms with E-state index >= 15 is 0 Å². The third-order valence-corrected chi connectivity index (χ3v) is 1.96. The summed E-state index contributed by atoms with van der Waals surface area (Å²) in [4.78, 5) is 11.0. The van der Waals surface area contributed by atoms with Crippen LogP contribution in [0.5, 0.6) is 0 Å². The van der Waals surface area contributed by atoms with Crippen LogP contribution in [0.15, 0.2) is 11.8 Å². The van der Waals surface area contributed by atoms with Crippen LogP contribution in [0.1, 0.15) is 20.8 Å². The number of alkyl halides is 4. The van der Waals surface area contributed by atoms with Gasteiger partial charge in [0.2, 0.25) is 5.78 Å². The molecule has 0 aromatic rings. The Morgan fingerprint density at radius 3 is 1.94 bits per heavy atom. The third-order valence-electron chi connectivity index (χ3n) is 1.96. The van der Waals surface area contributed by atoms with E-state index in [9.17, 15) is 22.4 Å². The van der Waals surface area contributed by atoms with Crippen molar-refractivity contribution in [3.63, 3.8) is 0 Å². The molecule has 0 amide bonds. The first-order valence-electron chi connectivity index (χ1n) is 4.63. The Labute approximate surface area is 91.7 Å². The van der Waals surface area contributed by atoms with Crippen LogP contribution in [0.25, 0.3) is 0 Å². The largest absolute Gasteiger partial charge is 0.391 e. The van der Waals surface area contributed by atoms with Gasteiger partial charge >= 0.3 is 12.3 Å². The van der Waals surface area contributed by atoms with Gasteiger partial charge in [-0.05, 0) is 0 Å². The molecule has 94 valence electrons. The summed E-state index contributed by atoms with van der Waals surface area (Å²) in [6.45, 7) is 5.01. The minimum atomic E-state index is -4.63. The van der Waals surface area contributed by atoms with Gasteiger partial charge in [0.1, 0.15) is 0 Å². The van der Waals surface area contributed by atoms with Crippen molar-refractivity contribution in [2.24, 2.45) is 5.41 Å². The molecule has 0 aromatic heterocycles. The predicted molar refractivity (Wildman–Crippen MR) is 52.6 cm³/mol. The van der Waals surface area contributed by atoms with Gasteiger partial charge in [0.25, 0.3) is 0 Å². The molecule has 0 aromatic carbocycles. The number of allylic oxidation sites excluding steroid dienone is 2. The second kappa shape index (κ2) is 4.84. The molecular formula is C10H15F4NO. The molecule has 16 heavy (non-hydrogen) atoms. The van der Waals surface area contributed by atoms with E-state index in [1.54, 1.807) is 20.8 Å². The number of carbonyl (C=O) groups excluding carboxylic acids is 1. The van der Waals surface area contributed by atoms with Crippen LogP contribution < -0.4 is 5.32 Å². The summed E-state index contributed by atoms with van der Waals surface area (Å²) in [6, 6.07) is 0. The third kappa shape index (κ3) is 3.50. The van der Waals surface area contributed by atoms with Gasteiger partial charge in [0, 0.05) is 24.2 Å². The van der Waals surface area contributed by atoms with Crippen molar-refractivity contribution >= 4 is 5.78 Å². The summed E-state index contributed by atoms with van der Waals surface area (Å²) in [6.07, 6.45) is -3.46. The van der Waals surface area contributed by atoms with Gasteiger partial charge in [0.05, 0.1) is 0 Å². The van der Waals surface area contributed by atoms with Crippen molar-refractivity contribution in [1.29, 1.82) is 0 Å². The van der Waals surface area contributed by atoms with E-state index in [4.69, 9.17) is 0 Å². The quantitative estimate of drug-likeness (QED) is 0.605. The molecule has 0 rings (SSSR count). The molecule has 1 N–H and O–H groups in total. The molecule has 0 spiro atoms. The Kier molecular flexibility index (Phi) is 4.52. The monoisotopic (exact) mass is 241 g/mol. The van der Waals surface area contributed by atoms with Gasteiger partial charge in [0.15, 0.2) is 0 Å². The average Bonchev–Trinajstić information content (AvgIpc) is 2.11. The SMILES string of the molecule is CN/C(=C\C(=O)C(F)(F)C(F)F)C(C)(C)C. The van der Waals surface area contributed by atoms with Crippen molar-refractivity contribution in [3.05, 3.63) is 11.8 Å². The minimum absolute atomic E-state index is 0.179. The van der Waals surface area contributed by atoms with Gasteiger partial charge in [-0.15, -0.1) is 0 Å². The Bertz CT molecular complexity index is 292. The molecule has 0 bridgehead atoms. The van der Waals surface area contributed by atoms with Crippen LogP contribution in [-0.2, 0) is 4.79 Å². The first-order valence-corrected chi connectivity index (χ1v) is 4.63. The van der Waals surface area contributed by atoms with E-state index in [2.05, 4.69) is 5.32 Å². The molecule has 0 heterocycles. The van der Waals surface area contributed by atoms with Gasteiger partial charge < -0.3 is 5.32 Å². The number of carbonyl (C=O) groups is 1. The van der Waals surface area contributed by atoms with E-state index in [1.807, 2.05) is 0 Å². The van der Waals surface area contributed by atoms with Crippen LogP contribution in [-0.4, -0.2) is 25.2 Å². The topological polar surface area (TPSA) is 29.1 Å². The summed E-state index contributed by atoms with van der Waals surface area (Å²) >= 11 is 0. The fourth-order valence-corrected chi connectivity index (χ4v) is 0.999. The Morgan fingerprint density at radius 1 is 1.25 bits per heavy atom. The highest BCUT2D eigenvalue weighted by Crippen LogP contribution is 2.28. The fourth-order valence-electron chi connectivity index (χ4n) is 0.999. The average molecular weight is 241 g/mol. The lowest BCUT2D eigenvalue weighted by Gasteiger charge is -2.23. The molecule has 0 unspecified atom stereocenters. The smallest absolute Gasteiger partial charge is 0.368 e. The van der Waals surface area contributed by atoms with Crippen LogP contribution in [0.3, 0.4) is 0 Å². The van der Waals surface area contributed by atoms with Crippen molar-refractivity contribution in [2.45, 2.75) is 33.1 Å². The van der Waals surface area contributed by atoms with Crippen molar-refractivity contribution in [2.75, 3.05) is 7.05 Å². The maximum Gasteiger partial charge on any atom is 0.368 e. The van der Waals surface area contributed by atoms with E-state index in [-0.39, 0.29) is 5.70 Å². The zero-order valence-electron chi connectivity index (χ0n) is 9.57. The highest BCUT2D eigenvalue weighted by Gasteiger charge is 2.47. The highest BCUT2D eigenvalue weighted by atomic mass is 19.3. The number of hydrogen-bond donors (Lipinski definition) is 1. The molecule has 0 atom stereocenters. The van der Waals surface area contributed by atoms with E-state index in [0.717, 1.165) is 0 Å². The molecule has 0 radical (unpaired) electrons. The summed E-state index contributed by atoms with van der Waals surface area (Å²) in [5.74, 6) is -6.52. The van der Waals surface area contributed by atoms with Gasteiger partial charge in [-0.1, -0.05) is 20.8 Å². The lowest BCUT2D eigenvalue weighted by atomic mass is 9.90. The molecule has 0 saturated carbocycles. The molecule has 0 saturated heterocycles. The second-order valence-electron chi connectivity index (χ2n) is 4.35. The highest BCUT2D eigenvalue weighted by molar-refractivity contribution is 5.96. The lowest BCUT2D eigenvalue weighted by molar-refractivity contribution is -0.161. The molecule has 6 heteroatoms. The molecule has 2 nitrogen and oxygen atoms in total. The zero-order chi connectivity index (χ0) is 13.1. The van der Waals surface area contributed by atoms with Crippen molar-refractivity contribution in [3.8, 4) is 0 Å². The standard InChI is InChI=1S/C10H15F4NO/c1-9(2,3)6(15-4)5-7(16)10(13,14)8(11)12/h5,8,15H,1-4H3/b6-5-. The second-order valence-corrected chi connectivity index (χ2v) is 4.35. The first kappa shape index (κ1) is 14.9. The molecular weight excluding hydrogens is 226 g/mol. The van der Waals surface area contributed by atoms with Gasteiger partial charge in [-0.25, -0.2) is 8.78 Å². The summed E-state index contributed by atoms with van der Waals surface area (Å²) < 4.78 is 49.1. The van der Waals surface area contributed by atoms with Gasteiger partial charge in [-0.2, -0.15) is 8.78 Å². The Hall–Kier alpha value is -1.07. The summed E-state index contributed by atoms with van der Waals surface area (Å²) in [7, 11) is 1.44. The van der Waals surface area contributed by atoms with E-state index in [1.165, 1.54) is 7.05 Å². The lowest BCUT2D eigenvalue weighted by Crippen LogP contribution is -2.36. The number of nitrogens with one attached hydrogen (secondary N) is 1. The van der Waals surface area contributed by atoms with Crippen LogP contribution in [0, 0.1) is 5.41 Å². The number of rotatable bonds is 4. The number of hydrogen-bond acceptors (Lipinski definition) is 2.